The zero-order chi connectivity index (χ0) is 14.3. The highest BCUT2D eigenvalue weighted by molar-refractivity contribution is 5.88. The van der Waals surface area contributed by atoms with Crippen LogP contribution in [0.5, 0.6) is 0 Å². The van der Waals surface area contributed by atoms with Gasteiger partial charge in [-0.2, -0.15) is 0 Å². The molecular weight excluding hydrogens is 228 g/mol. The molecule has 0 aliphatic carbocycles. The Bertz CT molecular complexity index is 384. The van der Waals surface area contributed by atoms with Crippen LogP contribution in [0.2, 0.25) is 0 Å². The van der Waals surface area contributed by atoms with Gasteiger partial charge in [0.25, 0.3) is 0 Å². The monoisotopic (exact) mass is 252 g/mol. The SMILES string of the molecule is CC.COC(=O)N(c1ncccc1C)C(C)(C)C. The van der Waals surface area contributed by atoms with Crippen molar-refractivity contribution in [2.45, 2.75) is 47.1 Å². The van der Waals surface area contributed by atoms with Gasteiger partial charge in [-0.15, -0.1) is 0 Å². The number of carbonyl (C=O) groups is 1. The smallest absolute Gasteiger partial charge is 0.415 e. The van der Waals surface area contributed by atoms with Crippen LogP contribution in [0.25, 0.3) is 0 Å². The number of methoxy groups -OCH3 is 1. The molecule has 0 spiro atoms. The molecule has 0 N–H and O–H groups in total. The van der Waals surface area contributed by atoms with Crippen LogP contribution in [-0.4, -0.2) is 23.7 Å². The fraction of sp³-hybridized carbons (Fsp3) is 0.571. The quantitative estimate of drug-likeness (QED) is 0.763. The summed E-state index contributed by atoms with van der Waals surface area (Å²) < 4.78 is 4.80. The predicted octanol–water partition coefficient (Wildman–Crippen LogP) is 3.79. The Hall–Kier alpha value is -1.58. The van der Waals surface area contributed by atoms with Gasteiger partial charge in [0.2, 0.25) is 0 Å². The molecule has 0 atom stereocenters. The zero-order valence-corrected chi connectivity index (χ0v) is 12.4. The summed E-state index contributed by atoms with van der Waals surface area (Å²) in [6.07, 6.45) is 1.28. The van der Waals surface area contributed by atoms with Gasteiger partial charge in [0.1, 0.15) is 5.82 Å². The number of hydrogen-bond acceptors (Lipinski definition) is 3. The summed E-state index contributed by atoms with van der Waals surface area (Å²) in [6.45, 7) is 11.7. The van der Waals surface area contributed by atoms with Crippen molar-refractivity contribution in [3.63, 3.8) is 0 Å². The predicted molar refractivity (Wildman–Crippen MR) is 75.0 cm³/mol. The van der Waals surface area contributed by atoms with Gasteiger partial charge in [0.05, 0.1) is 7.11 Å². The molecule has 0 radical (unpaired) electrons. The van der Waals surface area contributed by atoms with Gasteiger partial charge in [0, 0.05) is 11.7 Å². The molecule has 0 aliphatic heterocycles. The van der Waals surface area contributed by atoms with E-state index in [1.165, 1.54) is 7.11 Å². The van der Waals surface area contributed by atoms with Gasteiger partial charge in [-0.1, -0.05) is 19.9 Å². The van der Waals surface area contributed by atoms with Gasteiger partial charge >= 0.3 is 6.09 Å². The highest BCUT2D eigenvalue weighted by Gasteiger charge is 2.30. The third kappa shape index (κ3) is 4.02. The number of amides is 1. The molecule has 0 fully saturated rings. The average Bonchev–Trinajstić information content (AvgIpc) is 2.32. The lowest BCUT2D eigenvalue weighted by Gasteiger charge is -2.34. The highest BCUT2D eigenvalue weighted by atomic mass is 16.5. The minimum absolute atomic E-state index is 0.369. The Morgan fingerprint density at radius 1 is 1.33 bits per heavy atom. The number of anilines is 1. The van der Waals surface area contributed by atoms with E-state index < -0.39 is 6.09 Å². The molecule has 0 bridgehead atoms. The molecule has 0 aliphatic rings. The number of rotatable bonds is 1. The number of nitrogens with zero attached hydrogens (tertiary/aromatic N) is 2. The number of pyridine rings is 1. The van der Waals surface area contributed by atoms with E-state index >= 15 is 0 Å². The molecule has 18 heavy (non-hydrogen) atoms. The van der Waals surface area contributed by atoms with E-state index in [0.29, 0.717) is 5.82 Å². The minimum Gasteiger partial charge on any atom is -0.452 e. The Morgan fingerprint density at radius 2 is 1.89 bits per heavy atom. The summed E-state index contributed by atoms with van der Waals surface area (Å²) in [4.78, 5) is 17.6. The molecule has 1 amide bonds. The molecule has 1 rings (SSSR count). The molecule has 1 aromatic rings. The second-order valence-electron chi connectivity index (χ2n) is 4.62. The van der Waals surface area contributed by atoms with Crippen LogP contribution >= 0.6 is 0 Å². The Kier molecular flexibility index (Phi) is 6.37. The maximum absolute atomic E-state index is 11.8. The number of hydrogen-bond donors (Lipinski definition) is 0. The van der Waals surface area contributed by atoms with E-state index in [0.717, 1.165) is 5.56 Å². The molecule has 0 saturated heterocycles. The summed E-state index contributed by atoms with van der Waals surface area (Å²) in [6, 6.07) is 3.76. The summed E-state index contributed by atoms with van der Waals surface area (Å²) in [7, 11) is 1.37. The van der Waals surface area contributed by atoms with Crippen molar-refractivity contribution in [2.24, 2.45) is 0 Å². The first-order chi connectivity index (χ1) is 8.38. The number of ether oxygens (including phenoxy) is 1. The first-order valence-corrected chi connectivity index (χ1v) is 6.17. The number of aromatic nitrogens is 1. The molecule has 0 unspecified atom stereocenters. The lowest BCUT2D eigenvalue weighted by atomic mass is 10.1. The lowest BCUT2D eigenvalue weighted by molar-refractivity contribution is 0.172. The lowest BCUT2D eigenvalue weighted by Crippen LogP contribution is -2.46. The normalized spacial score (nSPS) is 10.2. The highest BCUT2D eigenvalue weighted by Crippen LogP contribution is 2.25. The van der Waals surface area contributed by atoms with E-state index in [1.807, 2.05) is 53.7 Å². The molecule has 1 aromatic heterocycles. The van der Waals surface area contributed by atoms with Gasteiger partial charge in [-0.05, 0) is 39.3 Å². The summed E-state index contributed by atoms with van der Waals surface area (Å²) >= 11 is 0. The van der Waals surface area contributed by atoms with E-state index in [4.69, 9.17) is 4.74 Å². The fourth-order valence-corrected chi connectivity index (χ4v) is 1.48. The van der Waals surface area contributed by atoms with Crippen molar-refractivity contribution in [2.75, 3.05) is 12.0 Å². The van der Waals surface area contributed by atoms with Crippen LogP contribution in [0.15, 0.2) is 18.3 Å². The van der Waals surface area contributed by atoms with Gasteiger partial charge in [-0.25, -0.2) is 9.78 Å². The van der Waals surface area contributed by atoms with Crippen LogP contribution in [0.4, 0.5) is 10.6 Å². The van der Waals surface area contributed by atoms with Crippen molar-refractivity contribution in [3.05, 3.63) is 23.9 Å². The van der Waals surface area contributed by atoms with Crippen LogP contribution in [0.1, 0.15) is 40.2 Å². The van der Waals surface area contributed by atoms with Crippen LogP contribution in [-0.2, 0) is 4.74 Å². The first-order valence-electron chi connectivity index (χ1n) is 6.17. The van der Waals surface area contributed by atoms with Crippen molar-refractivity contribution in [1.82, 2.24) is 4.98 Å². The van der Waals surface area contributed by atoms with Gasteiger partial charge in [-0.3, -0.25) is 4.90 Å². The Labute approximate surface area is 110 Å². The van der Waals surface area contributed by atoms with Crippen LogP contribution < -0.4 is 4.90 Å². The third-order valence-electron chi connectivity index (χ3n) is 2.22. The second-order valence-corrected chi connectivity index (χ2v) is 4.62. The molecule has 0 aromatic carbocycles. The largest absolute Gasteiger partial charge is 0.452 e. The number of carbonyl (C=O) groups excluding carboxylic acids is 1. The molecule has 4 nitrogen and oxygen atoms in total. The van der Waals surface area contributed by atoms with Crippen molar-refractivity contribution >= 4 is 11.9 Å². The molecular formula is C14H24N2O2. The van der Waals surface area contributed by atoms with Crippen molar-refractivity contribution in [1.29, 1.82) is 0 Å². The van der Waals surface area contributed by atoms with E-state index in [1.54, 1.807) is 11.1 Å². The van der Waals surface area contributed by atoms with E-state index in [9.17, 15) is 4.79 Å². The molecule has 4 heteroatoms. The second kappa shape index (κ2) is 6.99. The molecule has 0 saturated carbocycles. The van der Waals surface area contributed by atoms with Crippen molar-refractivity contribution in [3.8, 4) is 0 Å². The molecule has 1 heterocycles. The topological polar surface area (TPSA) is 42.4 Å². The standard InChI is InChI=1S/C12H18N2O2.C2H6/c1-9-7-6-8-13-10(9)14(11(15)16-5)12(2,3)4;1-2/h6-8H,1-5H3;1-2H3. The summed E-state index contributed by atoms with van der Waals surface area (Å²) in [5.74, 6) is 0.641. The number of aryl methyl sites for hydroxylation is 1. The maximum Gasteiger partial charge on any atom is 0.415 e. The minimum atomic E-state index is -0.394. The fourth-order valence-electron chi connectivity index (χ4n) is 1.48. The summed E-state index contributed by atoms with van der Waals surface area (Å²) in [5, 5.41) is 0. The van der Waals surface area contributed by atoms with Crippen LogP contribution in [0.3, 0.4) is 0 Å². The maximum atomic E-state index is 11.8. The Morgan fingerprint density at radius 3 is 2.28 bits per heavy atom. The average molecular weight is 252 g/mol. The van der Waals surface area contributed by atoms with Gasteiger partial charge < -0.3 is 4.74 Å². The first kappa shape index (κ1) is 16.4. The molecule has 102 valence electrons. The van der Waals surface area contributed by atoms with Crippen LogP contribution in [0, 0.1) is 6.92 Å². The zero-order valence-electron chi connectivity index (χ0n) is 12.4. The van der Waals surface area contributed by atoms with Crippen molar-refractivity contribution < 1.29 is 9.53 Å². The van der Waals surface area contributed by atoms with Gasteiger partial charge in [0.15, 0.2) is 0 Å². The Balaban J connectivity index is 0.00000137. The van der Waals surface area contributed by atoms with E-state index in [2.05, 4.69) is 4.98 Å². The van der Waals surface area contributed by atoms with E-state index in [-0.39, 0.29) is 5.54 Å². The summed E-state index contributed by atoms with van der Waals surface area (Å²) in [5.41, 5.74) is 0.578. The third-order valence-corrected chi connectivity index (χ3v) is 2.22.